The lowest BCUT2D eigenvalue weighted by Gasteiger charge is -2.33. The Bertz CT molecular complexity index is 755. The first-order chi connectivity index (χ1) is 12.2. The number of benzene rings is 1. The quantitative estimate of drug-likeness (QED) is 0.889. The Morgan fingerprint density at radius 2 is 2.08 bits per heavy atom. The maximum absolute atomic E-state index is 12.7. The molecule has 0 radical (unpaired) electrons. The standard InChI is InChI=1S/C18H22N4O2S/c1-12-19-17(24-21-12)13-6-9-22(10-7-13)18(23)20-15-8-11-25-16-5-3-2-4-14(15)16/h2-5,13,15H,6-11H2,1H3,(H,20,23). The molecule has 2 aromatic rings. The first-order valence-corrected chi connectivity index (χ1v) is 9.76. The normalized spacial score (nSPS) is 21.0. The number of nitrogens with zero attached hydrogens (tertiary/aromatic N) is 3. The van der Waals surface area contributed by atoms with Gasteiger partial charge in [0.2, 0.25) is 5.89 Å². The Morgan fingerprint density at radius 3 is 2.84 bits per heavy atom. The Kier molecular flexibility index (Phi) is 4.65. The molecule has 6 nitrogen and oxygen atoms in total. The number of hydrogen-bond donors (Lipinski definition) is 1. The van der Waals surface area contributed by atoms with E-state index < -0.39 is 0 Å². The van der Waals surface area contributed by atoms with Crippen LogP contribution >= 0.6 is 11.8 Å². The van der Waals surface area contributed by atoms with Crippen molar-refractivity contribution in [1.29, 1.82) is 0 Å². The van der Waals surface area contributed by atoms with Crippen molar-refractivity contribution in [3.8, 4) is 0 Å². The van der Waals surface area contributed by atoms with Gasteiger partial charge in [0, 0.05) is 29.7 Å². The number of nitrogens with one attached hydrogen (secondary N) is 1. The third-order valence-corrected chi connectivity index (χ3v) is 6.05. The molecule has 132 valence electrons. The minimum atomic E-state index is 0.0341. The second-order valence-electron chi connectivity index (χ2n) is 6.62. The van der Waals surface area contributed by atoms with Crippen LogP contribution in [0.3, 0.4) is 0 Å². The smallest absolute Gasteiger partial charge is 0.317 e. The van der Waals surface area contributed by atoms with Crippen LogP contribution < -0.4 is 5.32 Å². The maximum Gasteiger partial charge on any atom is 0.317 e. The molecule has 25 heavy (non-hydrogen) atoms. The fraction of sp³-hybridized carbons (Fsp3) is 0.500. The Morgan fingerprint density at radius 1 is 1.28 bits per heavy atom. The summed E-state index contributed by atoms with van der Waals surface area (Å²) in [7, 11) is 0. The highest BCUT2D eigenvalue weighted by Gasteiger charge is 2.29. The van der Waals surface area contributed by atoms with Crippen LogP contribution in [0.1, 0.15) is 48.5 Å². The SMILES string of the molecule is Cc1noc(C2CCN(C(=O)NC3CCSc4ccccc43)CC2)n1. The molecule has 1 fully saturated rings. The van der Waals surface area contributed by atoms with Crippen molar-refractivity contribution in [1.82, 2.24) is 20.4 Å². The number of carbonyl (C=O) groups is 1. The molecule has 3 heterocycles. The van der Waals surface area contributed by atoms with Crippen molar-refractivity contribution in [3.05, 3.63) is 41.5 Å². The van der Waals surface area contributed by atoms with E-state index in [1.807, 2.05) is 29.7 Å². The molecule has 0 bridgehead atoms. The van der Waals surface area contributed by atoms with Gasteiger partial charge < -0.3 is 14.7 Å². The highest BCUT2D eigenvalue weighted by molar-refractivity contribution is 7.99. The summed E-state index contributed by atoms with van der Waals surface area (Å²) in [4.78, 5) is 20.2. The van der Waals surface area contributed by atoms with Crippen LogP contribution in [0.2, 0.25) is 0 Å². The molecule has 0 saturated carbocycles. The van der Waals surface area contributed by atoms with E-state index in [-0.39, 0.29) is 18.0 Å². The molecule has 0 spiro atoms. The minimum Gasteiger partial charge on any atom is -0.339 e. The van der Waals surface area contributed by atoms with Crippen LogP contribution in [-0.2, 0) is 0 Å². The molecular formula is C18H22N4O2S. The van der Waals surface area contributed by atoms with Gasteiger partial charge in [-0.15, -0.1) is 11.8 Å². The van der Waals surface area contributed by atoms with Crippen molar-refractivity contribution >= 4 is 17.8 Å². The molecule has 1 N–H and O–H groups in total. The molecule has 1 aromatic heterocycles. The van der Waals surface area contributed by atoms with Gasteiger partial charge in [-0.25, -0.2) is 4.79 Å². The zero-order chi connectivity index (χ0) is 17.2. The van der Waals surface area contributed by atoms with E-state index >= 15 is 0 Å². The number of piperidine rings is 1. The predicted octanol–water partition coefficient (Wildman–Crippen LogP) is 3.50. The van der Waals surface area contributed by atoms with Crippen molar-refractivity contribution in [3.63, 3.8) is 0 Å². The number of amides is 2. The van der Waals surface area contributed by atoms with E-state index in [1.54, 1.807) is 0 Å². The highest BCUT2D eigenvalue weighted by atomic mass is 32.2. The summed E-state index contributed by atoms with van der Waals surface area (Å²) in [6.45, 7) is 3.28. The number of thioether (sulfide) groups is 1. The summed E-state index contributed by atoms with van der Waals surface area (Å²) >= 11 is 1.87. The molecule has 2 aliphatic rings. The lowest BCUT2D eigenvalue weighted by atomic mass is 9.97. The largest absolute Gasteiger partial charge is 0.339 e. The molecular weight excluding hydrogens is 336 g/mol. The third-order valence-electron chi connectivity index (χ3n) is 4.93. The van der Waals surface area contributed by atoms with Crippen molar-refractivity contribution in [2.45, 2.75) is 43.0 Å². The van der Waals surface area contributed by atoms with E-state index in [2.05, 4.69) is 33.7 Å². The van der Waals surface area contributed by atoms with E-state index in [0.29, 0.717) is 11.7 Å². The molecule has 2 amide bonds. The highest BCUT2D eigenvalue weighted by Crippen LogP contribution is 2.36. The first-order valence-electron chi connectivity index (χ1n) is 8.78. The number of aromatic nitrogens is 2. The van der Waals surface area contributed by atoms with E-state index in [0.717, 1.165) is 38.1 Å². The van der Waals surface area contributed by atoms with Crippen molar-refractivity contribution < 1.29 is 9.32 Å². The van der Waals surface area contributed by atoms with Gasteiger partial charge in [0.15, 0.2) is 5.82 Å². The van der Waals surface area contributed by atoms with Crippen LogP contribution in [0.5, 0.6) is 0 Å². The molecule has 4 rings (SSSR count). The van der Waals surface area contributed by atoms with Gasteiger partial charge in [-0.05, 0) is 37.8 Å². The molecule has 0 aliphatic carbocycles. The Balaban J connectivity index is 1.35. The number of urea groups is 1. The number of likely N-dealkylation sites (tertiary alicyclic amines) is 1. The van der Waals surface area contributed by atoms with Crippen molar-refractivity contribution in [2.75, 3.05) is 18.8 Å². The number of carbonyl (C=O) groups excluding carboxylic acids is 1. The fourth-order valence-electron chi connectivity index (χ4n) is 3.54. The average molecular weight is 358 g/mol. The van der Waals surface area contributed by atoms with Gasteiger partial charge in [0.25, 0.3) is 0 Å². The van der Waals surface area contributed by atoms with Gasteiger partial charge in [0.1, 0.15) is 0 Å². The summed E-state index contributed by atoms with van der Waals surface area (Å²) in [5, 5.41) is 7.09. The van der Waals surface area contributed by atoms with Gasteiger partial charge in [-0.3, -0.25) is 0 Å². The van der Waals surface area contributed by atoms with Gasteiger partial charge in [-0.1, -0.05) is 23.4 Å². The Labute approximate surface area is 151 Å². The van der Waals surface area contributed by atoms with E-state index in [9.17, 15) is 4.79 Å². The second kappa shape index (κ2) is 7.07. The van der Waals surface area contributed by atoms with Gasteiger partial charge >= 0.3 is 6.03 Å². The predicted molar refractivity (Wildman–Crippen MR) is 95.6 cm³/mol. The van der Waals surface area contributed by atoms with Crippen LogP contribution in [0.4, 0.5) is 4.79 Å². The summed E-state index contributed by atoms with van der Waals surface area (Å²) in [5.41, 5.74) is 1.24. The minimum absolute atomic E-state index is 0.0341. The van der Waals surface area contributed by atoms with Crippen LogP contribution in [0.25, 0.3) is 0 Å². The van der Waals surface area contributed by atoms with Gasteiger partial charge in [0.05, 0.1) is 6.04 Å². The first kappa shape index (κ1) is 16.4. The molecule has 1 unspecified atom stereocenters. The topological polar surface area (TPSA) is 71.3 Å². The van der Waals surface area contributed by atoms with Crippen LogP contribution in [0.15, 0.2) is 33.7 Å². The summed E-state index contributed by atoms with van der Waals surface area (Å²) in [6, 6.07) is 8.50. The zero-order valence-electron chi connectivity index (χ0n) is 14.3. The third kappa shape index (κ3) is 3.51. The molecule has 1 aromatic carbocycles. The van der Waals surface area contributed by atoms with Gasteiger partial charge in [-0.2, -0.15) is 4.98 Å². The molecule has 1 atom stereocenters. The molecule has 7 heteroatoms. The van der Waals surface area contributed by atoms with Crippen LogP contribution in [0, 0.1) is 6.92 Å². The number of aryl methyl sites for hydroxylation is 1. The maximum atomic E-state index is 12.7. The molecule has 1 saturated heterocycles. The van der Waals surface area contributed by atoms with E-state index in [1.165, 1.54) is 10.5 Å². The van der Waals surface area contributed by atoms with Crippen molar-refractivity contribution in [2.24, 2.45) is 0 Å². The number of hydrogen-bond acceptors (Lipinski definition) is 5. The monoisotopic (exact) mass is 358 g/mol. The zero-order valence-corrected chi connectivity index (χ0v) is 15.1. The number of rotatable bonds is 2. The summed E-state index contributed by atoms with van der Waals surface area (Å²) < 4.78 is 5.28. The lowest BCUT2D eigenvalue weighted by molar-refractivity contribution is 0.171. The Hall–Kier alpha value is -2.02. The summed E-state index contributed by atoms with van der Waals surface area (Å²) in [6.07, 6.45) is 2.71. The number of fused-ring (bicyclic) bond motifs is 1. The lowest BCUT2D eigenvalue weighted by Crippen LogP contribution is -2.45. The molecule has 2 aliphatic heterocycles. The van der Waals surface area contributed by atoms with E-state index in [4.69, 9.17) is 4.52 Å². The average Bonchev–Trinajstić information content (AvgIpc) is 3.08. The summed E-state index contributed by atoms with van der Waals surface area (Å²) in [5.74, 6) is 2.68. The fourth-order valence-corrected chi connectivity index (χ4v) is 4.67. The second-order valence-corrected chi connectivity index (χ2v) is 7.75. The van der Waals surface area contributed by atoms with Crippen LogP contribution in [-0.4, -0.2) is 39.9 Å².